The van der Waals surface area contributed by atoms with Crippen molar-refractivity contribution in [2.45, 2.75) is 19.9 Å². The van der Waals surface area contributed by atoms with Crippen LogP contribution in [0.1, 0.15) is 18.7 Å². The van der Waals surface area contributed by atoms with Crippen molar-refractivity contribution in [3.05, 3.63) is 28.5 Å². The molecule has 5 heteroatoms. The van der Waals surface area contributed by atoms with Crippen LogP contribution in [0, 0.1) is 0 Å². The molecule has 0 bridgehead atoms. The van der Waals surface area contributed by atoms with Gasteiger partial charge in [0.15, 0.2) is 5.11 Å². The van der Waals surface area contributed by atoms with Crippen molar-refractivity contribution in [3.63, 3.8) is 0 Å². The van der Waals surface area contributed by atoms with E-state index in [1.165, 1.54) is 6.08 Å². The third-order valence-electron chi connectivity index (χ3n) is 1.60. The second kappa shape index (κ2) is 6.40. The maximum atomic E-state index is 11.4. The van der Waals surface area contributed by atoms with Crippen LogP contribution in [0.2, 0.25) is 0 Å². The van der Waals surface area contributed by atoms with E-state index in [9.17, 15) is 4.79 Å². The highest BCUT2D eigenvalue weighted by Gasteiger charge is 2.01. The highest BCUT2D eigenvalue weighted by atomic mass is 32.1. The van der Waals surface area contributed by atoms with E-state index < -0.39 is 0 Å². The predicted octanol–water partition coefficient (Wildman–Crippen LogP) is 2.16. The fourth-order valence-corrected chi connectivity index (χ4v) is 1.95. The van der Waals surface area contributed by atoms with Crippen LogP contribution < -0.4 is 10.6 Å². The van der Waals surface area contributed by atoms with Gasteiger partial charge in [0.25, 0.3) is 0 Å². The Labute approximate surface area is 105 Å². The summed E-state index contributed by atoms with van der Waals surface area (Å²) < 4.78 is 0. The van der Waals surface area contributed by atoms with E-state index in [0.29, 0.717) is 5.11 Å². The molecule has 16 heavy (non-hydrogen) atoms. The molecule has 0 atom stereocenters. The number of amides is 1. The SMILES string of the molecule is CC(C)NC(=S)NC(=O)/C=C\c1cccs1. The van der Waals surface area contributed by atoms with Crippen LogP contribution in [0.3, 0.4) is 0 Å². The molecule has 0 aliphatic rings. The first-order valence-corrected chi connectivity index (χ1v) is 6.20. The van der Waals surface area contributed by atoms with E-state index in [0.717, 1.165) is 4.88 Å². The monoisotopic (exact) mass is 254 g/mol. The quantitative estimate of drug-likeness (QED) is 0.641. The zero-order valence-corrected chi connectivity index (χ0v) is 10.8. The van der Waals surface area contributed by atoms with Crippen LogP contribution in [-0.2, 0) is 4.79 Å². The summed E-state index contributed by atoms with van der Waals surface area (Å²) in [6, 6.07) is 4.10. The lowest BCUT2D eigenvalue weighted by Gasteiger charge is -2.10. The normalized spacial score (nSPS) is 10.7. The number of thiocarbonyl (C=S) groups is 1. The van der Waals surface area contributed by atoms with Crippen molar-refractivity contribution < 1.29 is 4.79 Å². The Morgan fingerprint density at radius 1 is 1.56 bits per heavy atom. The Hall–Kier alpha value is -1.20. The Morgan fingerprint density at radius 3 is 2.88 bits per heavy atom. The summed E-state index contributed by atoms with van der Waals surface area (Å²) in [6.07, 6.45) is 3.23. The van der Waals surface area contributed by atoms with Gasteiger partial charge in [-0.15, -0.1) is 11.3 Å². The Kier molecular flexibility index (Phi) is 5.14. The summed E-state index contributed by atoms with van der Waals surface area (Å²) in [4.78, 5) is 12.4. The minimum atomic E-state index is -0.216. The van der Waals surface area contributed by atoms with Gasteiger partial charge < -0.3 is 5.32 Å². The number of carbonyl (C=O) groups is 1. The molecule has 1 aromatic rings. The van der Waals surface area contributed by atoms with Crippen molar-refractivity contribution in [2.24, 2.45) is 0 Å². The van der Waals surface area contributed by atoms with Crippen LogP contribution in [0.4, 0.5) is 0 Å². The van der Waals surface area contributed by atoms with Crippen molar-refractivity contribution in [3.8, 4) is 0 Å². The first kappa shape index (κ1) is 12.9. The fourth-order valence-electron chi connectivity index (χ4n) is 0.996. The van der Waals surface area contributed by atoms with Crippen LogP contribution in [0.25, 0.3) is 6.08 Å². The maximum absolute atomic E-state index is 11.4. The summed E-state index contributed by atoms with van der Waals surface area (Å²) >= 11 is 6.53. The Balaban J connectivity index is 2.39. The number of nitrogens with one attached hydrogen (secondary N) is 2. The molecule has 3 nitrogen and oxygen atoms in total. The van der Waals surface area contributed by atoms with E-state index in [1.54, 1.807) is 17.4 Å². The number of hydrogen-bond donors (Lipinski definition) is 2. The molecule has 0 unspecified atom stereocenters. The molecule has 0 aromatic carbocycles. The smallest absolute Gasteiger partial charge is 0.250 e. The largest absolute Gasteiger partial charge is 0.360 e. The highest BCUT2D eigenvalue weighted by Crippen LogP contribution is 2.09. The lowest BCUT2D eigenvalue weighted by Crippen LogP contribution is -2.41. The standard InChI is InChI=1S/C11H14N2OS2/c1-8(2)12-11(15)13-10(14)6-5-9-4-3-7-16-9/h3-8H,1-2H3,(H2,12,13,14,15)/b6-5-. The van der Waals surface area contributed by atoms with Gasteiger partial charge in [0.05, 0.1) is 0 Å². The third kappa shape index (κ3) is 5.04. The van der Waals surface area contributed by atoms with E-state index in [-0.39, 0.29) is 11.9 Å². The topological polar surface area (TPSA) is 41.1 Å². The van der Waals surface area contributed by atoms with E-state index in [1.807, 2.05) is 31.4 Å². The zero-order valence-electron chi connectivity index (χ0n) is 9.19. The number of hydrogen-bond acceptors (Lipinski definition) is 3. The second-order valence-corrected chi connectivity index (χ2v) is 4.85. The predicted molar refractivity (Wildman–Crippen MR) is 72.4 cm³/mol. The van der Waals surface area contributed by atoms with Crippen LogP contribution in [0.15, 0.2) is 23.6 Å². The molecule has 0 saturated carbocycles. The minimum Gasteiger partial charge on any atom is -0.360 e. The molecule has 86 valence electrons. The number of thiophene rings is 1. The molecule has 1 rings (SSSR count). The molecule has 0 saturated heterocycles. The van der Waals surface area contributed by atoms with E-state index in [2.05, 4.69) is 10.6 Å². The molecular formula is C11H14N2OS2. The highest BCUT2D eigenvalue weighted by molar-refractivity contribution is 7.80. The summed E-state index contributed by atoms with van der Waals surface area (Å²) in [6.45, 7) is 3.92. The van der Waals surface area contributed by atoms with Gasteiger partial charge in [0, 0.05) is 17.0 Å². The van der Waals surface area contributed by atoms with E-state index >= 15 is 0 Å². The average molecular weight is 254 g/mol. The molecule has 0 aliphatic heterocycles. The van der Waals surface area contributed by atoms with Gasteiger partial charge in [-0.05, 0) is 43.6 Å². The lowest BCUT2D eigenvalue weighted by atomic mass is 10.4. The first-order valence-electron chi connectivity index (χ1n) is 4.91. The number of carbonyl (C=O) groups excluding carboxylic acids is 1. The molecular weight excluding hydrogens is 240 g/mol. The third-order valence-corrected chi connectivity index (χ3v) is 2.66. The van der Waals surface area contributed by atoms with Gasteiger partial charge >= 0.3 is 0 Å². The Morgan fingerprint density at radius 2 is 2.31 bits per heavy atom. The maximum Gasteiger partial charge on any atom is 0.250 e. The van der Waals surface area contributed by atoms with Gasteiger partial charge in [0.2, 0.25) is 5.91 Å². The van der Waals surface area contributed by atoms with Crippen molar-refractivity contribution in [1.29, 1.82) is 0 Å². The second-order valence-electron chi connectivity index (χ2n) is 3.47. The molecule has 1 heterocycles. The van der Waals surface area contributed by atoms with Crippen LogP contribution in [-0.4, -0.2) is 17.1 Å². The van der Waals surface area contributed by atoms with Gasteiger partial charge in [-0.1, -0.05) is 6.07 Å². The van der Waals surface area contributed by atoms with Crippen molar-refractivity contribution in [2.75, 3.05) is 0 Å². The molecule has 2 N–H and O–H groups in total. The van der Waals surface area contributed by atoms with E-state index in [4.69, 9.17) is 12.2 Å². The van der Waals surface area contributed by atoms with Crippen molar-refractivity contribution >= 4 is 40.7 Å². The molecule has 0 radical (unpaired) electrons. The zero-order chi connectivity index (χ0) is 12.0. The van der Waals surface area contributed by atoms with Gasteiger partial charge in [0.1, 0.15) is 0 Å². The summed E-state index contributed by atoms with van der Waals surface area (Å²) in [5.41, 5.74) is 0. The van der Waals surface area contributed by atoms with Crippen LogP contribution >= 0.6 is 23.6 Å². The summed E-state index contributed by atoms with van der Waals surface area (Å²) in [7, 11) is 0. The lowest BCUT2D eigenvalue weighted by molar-refractivity contribution is -0.115. The Bertz CT molecular complexity index is 383. The summed E-state index contributed by atoms with van der Waals surface area (Å²) in [5.74, 6) is -0.216. The molecule has 1 amide bonds. The van der Waals surface area contributed by atoms with Gasteiger partial charge in [-0.2, -0.15) is 0 Å². The average Bonchev–Trinajstić information content (AvgIpc) is 2.65. The fraction of sp³-hybridized carbons (Fsp3) is 0.273. The number of rotatable bonds is 3. The first-order chi connectivity index (χ1) is 7.58. The molecule has 0 aliphatic carbocycles. The van der Waals surface area contributed by atoms with Crippen LogP contribution in [0.5, 0.6) is 0 Å². The van der Waals surface area contributed by atoms with Crippen molar-refractivity contribution in [1.82, 2.24) is 10.6 Å². The molecule has 1 aromatic heterocycles. The molecule has 0 spiro atoms. The van der Waals surface area contributed by atoms with Gasteiger partial charge in [-0.25, -0.2) is 0 Å². The van der Waals surface area contributed by atoms with Gasteiger partial charge in [-0.3, -0.25) is 10.1 Å². The minimum absolute atomic E-state index is 0.216. The summed E-state index contributed by atoms with van der Waals surface area (Å²) in [5, 5.41) is 7.83. The molecule has 0 fully saturated rings.